The lowest BCUT2D eigenvalue weighted by atomic mass is 9.90. The molecule has 1 aromatic heterocycles. The Labute approximate surface area is 107 Å². The number of primary amides is 1. The van der Waals surface area contributed by atoms with Crippen molar-refractivity contribution in [2.75, 3.05) is 18.4 Å². The van der Waals surface area contributed by atoms with Gasteiger partial charge in [0.05, 0.1) is 5.56 Å². The lowest BCUT2D eigenvalue weighted by molar-refractivity contribution is 0.100. The summed E-state index contributed by atoms with van der Waals surface area (Å²) >= 11 is 0. The first-order chi connectivity index (χ1) is 8.50. The molecule has 0 spiro atoms. The summed E-state index contributed by atoms with van der Waals surface area (Å²) in [5, 5.41) is 6.72. The minimum atomic E-state index is -0.442. The van der Waals surface area contributed by atoms with Crippen LogP contribution in [0.5, 0.6) is 0 Å². The standard InChI is InChI=1S/C13H20N4O/c1-9-3-4-10(11(14)18)12(16-9)17-13(2)5-7-15-8-6-13/h3-4,15H,5-8H2,1-2H3,(H2,14,18)(H,16,17). The van der Waals surface area contributed by atoms with Crippen molar-refractivity contribution in [3.05, 3.63) is 23.4 Å². The third kappa shape index (κ3) is 2.79. The molecule has 1 fully saturated rings. The Morgan fingerprint density at radius 3 is 2.72 bits per heavy atom. The number of rotatable bonds is 3. The summed E-state index contributed by atoms with van der Waals surface area (Å²) in [7, 11) is 0. The first kappa shape index (κ1) is 12.8. The predicted octanol–water partition coefficient (Wildman–Crippen LogP) is 1.04. The van der Waals surface area contributed by atoms with Gasteiger partial charge in [-0.2, -0.15) is 0 Å². The molecule has 0 radical (unpaired) electrons. The zero-order chi connectivity index (χ0) is 13.2. The third-order valence-corrected chi connectivity index (χ3v) is 3.43. The summed E-state index contributed by atoms with van der Waals surface area (Å²) in [4.78, 5) is 15.8. The van der Waals surface area contributed by atoms with Crippen molar-refractivity contribution in [3.63, 3.8) is 0 Å². The topological polar surface area (TPSA) is 80.0 Å². The van der Waals surface area contributed by atoms with E-state index in [0.717, 1.165) is 31.6 Å². The molecule has 5 heteroatoms. The van der Waals surface area contributed by atoms with Gasteiger partial charge in [-0.3, -0.25) is 4.79 Å². The first-order valence-electron chi connectivity index (χ1n) is 6.26. The van der Waals surface area contributed by atoms with Crippen LogP contribution in [0.4, 0.5) is 5.82 Å². The number of carbonyl (C=O) groups excluding carboxylic acids is 1. The van der Waals surface area contributed by atoms with Crippen LogP contribution in [0.1, 0.15) is 35.8 Å². The molecule has 18 heavy (non-hydrogen) atoms. The van der Waals surface area contributed by atoms with Gasteiger partial charge < -0.3 is 16.4 Å². The lowest BCUT2D eigenvalue weighted by Gasteiger charge is -2.35. The van der Waals surface area contributed by atoms with Crippen LogP contribution in [0, 0.1) is 6.92 Å². The Morgan fingerprint density at radius 2 is 2.11 bits per heavy atom. The Kier molecular flexibility index (Phi) is 3.52. The number of nitrogens with one attached hydrogen (secondary N) is 2. The molecular formula is C13H20N4O. The Hall–Kier alpha value is -1.62. The number of hydrogen-bond donors (Lipinski definition) is 3. The van der Waals surface area contributed by atoms with Crippen LogP contribution in [0.25, 0.3) is 0 Å². The van der Waals surface area contributed by atoms with E-state index >= 15 is 0 Å². The third-order valence-electron chi connectivity index (χ3n) is 3.43. The second-order valence-electron chi connectivity index (χ2n) is 5.15. The van der Waals surface area contributed by atoms with E-state index < -0.39 is 5.91 Å². The fourth-order valence-corrected chi connectivity index (χ4v) is 2.24. The highest BCUT2D eigenvalue weighted by Crippen LogP contribution is 2.24. The van der Waals surface area contributed by atoms with Crippen molar-refractivity contribution in [1.82, 2.24) is 10.3 Å². The van der Waals surface area contributed by atoms with Gasteiger partial charge in [-0.05, 0) is 51.9 Å². The summed E-state index contributed by atoms with van der Waals surface area (Å²) in [6, 6.07) is 3.54. The lowest BCUT2D eigenvalue weighted by Crippen LogP contribution is -2.45. The van der Waals surface area contributed by atoms with Crippen LogP contribution < -0.4 is 16.4 Å². The molecule has 2 heterocycles. The molecule has 0 aliphatic carbocycles. The number of piperidine rings is 1. The zero-order valence-corrected chi connectivity index (χ0v) is 10.9. The van der Waals surface area contributed by atoms with Gasteiger partial charge in [0.1, 0.15) is 5.82 Å². The molecule has 1 aliphatic heterocycles. The molecule has 1 aliphatic rings. The minimum Gasteiger partial charge on any atom is -0.365 e. The van der Waals surface area contributed by atoms with E-state index in [9.17, 15) is 4.79 Å². The average Bonchev–Trinajstić information content (AvgIpc) is 2.28. The highest BCUT2D eigenvalue weighted by atomic mass is 16.1. The van der Waals surface area contributed by atoms with Gasteiger partial charge in [0, 0.05) is 11.2 Å². The number of pyridine rings is 1. The molecule has 0 unspecified atom stereocenters. The van der Waals surface area contributed by atoms with Crippen LogP contribution >= 0.6 is 0 Å². The van der Waals surface area contributed by atoms with E-state index in [2.05, 4.69) is 22.5 Å². The molecule has 4 N–H and O–H groups in total. The molecule has 0 saturated carbocycles. The van der Waals surface area contributed by atoms with Gasteiger partial charge in [0.25, 0.3) is 5.91 Å². The average molecular weight is 248 g/mol. The second kappa shape index (κ2) is 4.94. The maximum Gasteiger partial charge on any atom is 0.252 e. The van der Waals surface area contributed by atoms with Crippen LogP contribution in [0.15, 0.2) is 12.1 Å². The molecule has 5 nitrogen and oxygen atoms in total. The van der Waals surface area contributed by atoms with Gasteiger partial charge >= 0.3 is 0 Å². The first-order valence-corrected chi connectivity index (χ1v) is 6.26. The number of anilines is 1. The second-order valence-corrected chi connectivity index (χ2v) is 5.15. The molecule has 1 saturated heterocycles. The van der Waals surface area contributed by atoms with Gasteiger partial charge in [-0.25, -0.2) is 4.98 Å². The van der Waals surface area contributed by atoms with Gasteiger partial charge in [0.2, 0.25) is 0 Å². The molecule has 98 valence electrons. The Balaban J connectivity index is 2.26. The van der Waals surface area contributed by atoms with Gasteiger partial charge in [0.15, 0.2) is 0 Å². The largest absolute Gasteiger partial charge is 0.365 e. The number of aryl methyl sites for hydroxylation is 1. The van der Waals surface area contributed by atoms with Crippen LogP contribution in [-0.2, 0) is 0 Å². The Bertz CT molecular complexity index is 452. The van der Waals surface area contributed by atoms with E-state index in [-0.39, 0.29) is 5.54 Å². The summed E-state index contributed by atoms with van der Waals surface area (Å²) in [6.07, 6.45) is 2.00. The van der Waals surface area contributed by atoms with Crippen LogP contribution in [-0.4, -0.2) is 29.5 Å². The van der Waals surface area contributed by atoms with Crippen LogP contribution in [0.2, 0.25) is 0 Å². The molecule has 0 bridgehead atoms. The monoisotopic (exact) mass is 248 g/mol. The summed E-state index contributed by atoms with van der Waals surface area (Å²) in [6.45, 7) is 6.01. The number of nitrogens with two attached hydrogens (primary N) is 1. The van der Waals surface area contributed by atoms with Crippen LogP contribution in [0.3, 0.4) is 0 Å². The zero-order valence-electron chi connectivity index (χ0n) is 10.9. The molecular weight excluding hydrogens is 228 g/mol. The van der Waals surface area contributed by atoms with Crippen molar-refractivity contribution in [2.45, 2.75) is 32.2 Å². The smallest absolute Gasteiger partial charge is 0.252 e. The van der Waals surface area contributed by atoms with Gasteiger partial charge in [-0.1, -0.05) is 0 Å². The fraction of sp³-hybridized carbons (Fsp3) is 0.538. The maximum absolute atomic E-state index is 11.4. The van der Waals surface area contributed by atoms with Crippen molar-refractivity contribution < 1.29 is 4.79 Å². The van der Waals surface area contributed by atoms with Gasteiger partial charge in [-0.15, -0.1) is 0 Å². The van der Waals surface area contributed by atoms with Crippen molar-refractivity contribution >= 4 is 11.7 Å². The number of amides is 1. The normalized spacial score (nSPS) is 18.3. The van der Waals surface area contributed by atoms with E-state index in [1.165, 1.54) is 0 Å². The number of carbonyl (C=O) groups is 1. The molecule has 2 rings (SSSR count). The number of nitrogens with zero attached hydrogens (tertiary/aromatic N) is 1. The summed E-state index contributed by atoms with van der Waals surface area (Å²) < 4.78 is 0. The molecule has 1 aromatic rings. The molecule has 0 aromatic carbocycles. The fourth-order valence-electron chi connectivity index (χ4n) is 2.24. The number of hydrogen-bond acceptors (Lipinski definition) is 4. The quantitative estimate of drug-likeness (QED) is 0.746. The van der Waals surface area contributed by atoms with Crippen molar-refractivity contribution in [3.8, 4) is 0 Å². The van der Waals surface area contributed by atoms with E-state index in [0.29, 0.717) is 11.4 Å². The predicted molar refractivity (Wildman–Crippen MR) is 71.6 cm³/mol. The van der Waals surface area contributed by atoms with E-state index in [1.807, 2.05) is 6.92 Å². The Morgan fingerprint density at radius 1 is 1.44 bits per heavy atom. The van der Waals surface area contributed by atoms with E-state index in [4.69, 9.17) is 5.73 Å². The minimum absolute atomic E-state index is 0.0315. The summed E-state index contributed by atoms with van der Waals surface area (Å²) in [5.41, 5.74) is 6.68. The molecule has 1 amide bonds. The highest BCUT2D eigenvalue weighted by molar-refractivity contribution is 5.97. The van der Waals surface area contributed by atoms with Crippen molar-refractivity contribution in [1.29, 1.82) is 0 Å². The number of aromatic nitrogens is 1. The van der Waals surface area contributed by atoms with E-state index in [1.54, 1.807) is 12.1 Å². The summed E-state index contributed by atoms with van der Waals surface area (Å²) in [5.74, 6) is 0.162. The molecule has 0 atom stereocenters. The highest BCUT2D eigenvalue weighted by Gasteiger charge is 2.28. The van der Waals surface area contributed by atoms with Crippen molar-refractivity contribution in [2.24, 2.45) is 5.73 Å². The SMILES string of the molecule is Cc1ccc(C(N)=O)c(NC2(C)CCNCC2)n1. The maximum atomic E-state index is 11.4.